The van der Waals surface area contributed by atoms with Crippen LogP contribution in [0.3, 0.4) is 0 Å². The van der Waals surface area contributed by atoms with Crippen molar-refractivity contribution in [2.45, 2.75) is 20.3 Å². The van der Waals surface area contributed by atoms with Crippen molar-refractivity contribution in [2.75, 3.05) is 10.6 Å². The fraction of sp³-hybridized carbons (Fsp3) is 0.231. The standard InChI is InChI=1S/C13H15N5O2/c1-3-11(19)15-9-4-6-10(7-5-9)16-13(20)12-14-8(2)17-18-12/h4-7H,3H2,1-2H3,(H,15,19)(H,16,20)(H,14,17,18). The van der Waals surface area contributed by atoms with Gasteiger partial charge >= 0.3 is 0 Å². The SMILES string of the molecule is CCC(=O)Nc1ccc(NC(=O)c2n[nH]c(C)n2)cc1. The molecule has 2 amide bonds. The number of amides is 2. The average molecular weight is 273 g/mol. The lowest BCUT2D eigenvalue weighted by atomic mass is 10.2. The van der Waals surface area contributed by atoms with Crippen molar-refractivity contribution < 1.29 is 9.59 Å². The minimum atomic E-state index is -0.389. The van der Waals surface area contributed by atoms with Crippen LogP contribution in [0.4, 0.5) is 11.4 Å². The number of aromatic amines is 1. The molecular formula is C13H15N5O2. The Morgan fingerprint density at radius 2 is 1.75 bits per heavy atom. The summed E-state index contributed by atoms with van der Waals surface area (Å²) >= 11 is 0. The highest BCUT2D eigenvalue weighted by molar-refractivity contribution is 6.01. The summed E-state index contributed by atoms with van der Waals surface area (Å²) in [5.41, 5.74) is 1.29. The van der Waals surface area contributed by atoms with Gasteiger partial charge in [0, 0.05) is 17.8 Å². The van der Waals surface area contributed by atoms with Gasteiger partial charge in [0.1, 0.15) is 5.82 Å². The molecule has 20 heavy (non-hydrogen) atoms. The average Bonchev–Trinajstić information content (AvgIpc) is 2.87. The largest absolute Gasteiger partial charge is 0.326 e. The highest BCUT2D eigenvalue weighted by atomic mass is 16.2. The summed E-state index contributed by atoms with van der Waals surface area (Å²) < 4.78 is 0. The van der Waals surface area contributed by atoms with Gasteiger partial charge in [0.15, 0.2) is 0 Å². The number of nitrogens with one attached hydrogen (secondary N) is 3. The van der Waals surface area contributed by atoms with E-state index in [0.29, 0.717) is 23.6 Å². The molecule has 0 bridgehead atoms. The van der Waals surface area contributed by atoms with Gasteiger partial charge in [-0.05, 0) is 31.2 Å². The molecule has 0 atom stereocenters. The molecule has 0 aliphatic rings. The highest BCUT2D eigenvalue weighted by Crippen LogP contribution is 2.14. The van der Waals surface area contributed by atoms with Gasteiger partial charge in [-0.1, -0.05) is 6.92 Å². The monoisotopic (exact) mass is 273 g/mol. The summed E-state index contributed by atoms with van der Waals surface area (Å²) in [6.07, 6.45) is 0.419. The summed E-state index contributed by atoms with van der Waals surface area (Å²) in [4.78, 5) is 27.0. The van der Waals surface area contributed by atoms with Crippen LogP contribution in [0.15, 0.2) is 24.3 Å². The lowest BCUT2D eigenvalue weighted by molar-refractivity contribution is -0.115. The van der Waals surface area contributed by atoms with Gasteiger partial charge < -0.3 is 10.6 Å². The second-order valence-corrected chi connectivity index (χ2v) is 4.18. The van der Waals surface area contributed by atoms with Gasteiger partial charge in [0.2, 0.25) is 11.7 Å². The first-order chi connectivity index (χ1) is 9.58. The van der Waals surface area contributed by atoms with Gasteiger partial charge in [-0.25, -0.2) is 4.98 Å². The van der Waals surface area contributed by atoms with E-state index in [1.807, 2.05) is 0 Å². The molecule has 0 spiro atoms. The molecule has 1 aromatic heterocycles. The van der Waals surface area contributed by atoms with E-state index in [1.165, 1.54) is 0 Å². The lowest BCUT2D eigenvalue weighted by Crippen LogP contribution is -2.14. The van der Waals surface area contributed by atoms with Crippen molar-refractivity contribution in [1.82, 2.24) is 15.2 Å². The van der Waals surface area contributed by atoms with Crippen LogP contribution in [0.5, 0.6) is 0 Å². The zero-order chi connectivity index (χ0) is 14.5. The molecule has 0 radical (unpaired) electrons. The third-order valence-electron chi connectivity index (χ3n) is 2.55. The normalized spacial score (nSPS) is 10.1. The Morgan fingerprint density at radius 3 is 2.25 bits per heavy atom. The van der Waals surface area contributed by atoms with E-state index in [1.54, 1.807) is 38.1 Å². The smallest absolute Gasteiger partial charge is 0.295 e. The number of rotatable bonds is 4. The summed E-state index contributed by atoms with van der Waals surface area (Å²) in [7, 11) is 0. The van der Waals surface area contributed by atoms with Crippen molar-refractivity contribution in [3.63, 3.8) is 0 Å². The molecule has 2 rings (SSSR count). The molecule has 0 unspecified atom stereocenters. The molecule has 2 aromatic rings. The Bertz CT molecular complexity index is 618. The molecule has 7 heteroatoms. The number of aromatic nitrogens is 3. The third kappa shape index (κ3) is 3.41. The van der Waals surface area contributed by atoms with Crippen molar-refractivity contribution in [1.29, 1.82) is 0 Å². The number of aryl methyl sites for hydroxylation is 1. The first-order valence-electron chi connectivity index (χ1n) is 6.18. The molecule has 7 nitrogen and oxygen atoms in total. The van der Waals surface area contributed by atoms with E-state index in [9.17, 15) is 9.59 Å². The Kier molecular flexibility index (Phi) is 4.09. The molecule has 0 aliphatic heterocycles. The number of benzene rings is 1. The number of nitrogens with zero attached hydrogens (tertiary/aromatic N) is 2. The van der Waals surface area contributed by atoms with Crippen LogP contribution in [0, 0.1) is 6.92 Å². The maximum atomic E-state index is 11.8. The van der Waals surface area contributed by atoms with E-state index in [-0.39, 0.29) is 17.6 Å². The van der Waals surface area contributed by atoms with Crippen molar-refractivity contribution in [3.05, 3.63) is 35.9 Å². The zero-order valence-electron chi connectivity index (χ0n) is 11.2. The van der Waals surface area contributed by atoms with Crippen LogP contribution in [-0.4, -0.2) is 27.0 Å². The highest BCUT2D eigenvalue weighted by Gasteiger charge is 2.11. The Labute approximate surface area is 115 Å². The van der Waals surface area contributed by atoms with E-state index >= 15 is 0 Å². The molecule has 1 heterocycles. The number of hydrogen-bond acceptors (Lipinski definition) is 4. The van der Waals surface area contributed by atoms with Crippen LogP contribution in [0.25, 0.3) is 0 Å². The van der Waals surface area contributed by atoms with E-state index < -0.39 is 0 Å². The fourth-order valence-electron chi connectivity index (χ4n) is 1.52. The van der Waals surface area contributed by atoms with Crippen LogP contribution >= 0.6 is 0 Å². The molecule has 0 aliphatic carbocycles. The number of H-pyrrole nitrogens is 1. The minimum absolute atomic E-state index is 0.0574. The molecule has 0 fully saturated rings. The van der Waals surface area contributed by atoms with E-state index in [0.717, 1.165) is 0 Å². The molecular weight excluding hydrogens is 258 g/mol. The van der Waals surface area contributed by atoms with Gasteiger partial charge in [-0.15, -0.1) is 5.10 Å². The number of carbonyl (C=O) groups is 2. The molecule has 0 saturated heterocycles. The minimum Gasteiger partial charge on any atom is -0.326 e. The quantitative estimate of drug-likeness (QED) is 0.789. The summed E-state index contributed by atoms with van der Waals surface area (Å²) in [6.45, 7) is 3.50. The first-order valence-corrected chi connectivity index (χ1v) is 6.18. The lowest BCUT2D eigenvalue weighted by Gasteiger charge is -2.06. The van der Waals surface area contributed by atoms with Gasteiger partial charge in [-0.2, -0.15) is 0 Å². The first kappa shape index (κ1) is 13.7. The maximum absolute atomic E-state index is 11.8. The summed E-state index contributed by atoms with van der Waals surface area (Å²) in [6, 6.07) is 6.82. The number of hydrogen-bond donors (Lipinski definition) is 3. The summed E-state index contributed by atoms with van der Waals surface area (Å²) in [5.74, 6) is 0.219. The Hall–Kier alpha value is -2.70. The van der Waals surface area contributed by atoms with Crippen molar-refractivity contribution >= 4 is 23.2 Å². The van der Waals surface area contributed by atoms with Gasteiger partial charge in [0.25, 0.3) is 5.91 Å². The van der Waals surface area contributed by atoms with Crippen LogP contribution in [0.1, 0.15) is 29.8 Å². The van der Waals surface area contributed by atoms with Crippen LogP contribution in [-0.2, 0) is 4.79 Å². The topological polar surface area (TPSA) is 99.8 Å². The van der Waals surface area contributed by atoms with Crippen molar-refractivity contribution in [2.24, 2.45) is 0 Å². The third-order valence-corrected chi connectivity index (χ3v) is 2.55. The Balaban J connectivity index is 2.00. The van der Waals surface area contributed by atoms with E-state index in [2.05, 4.69) is 25.8 Å². The molecule has 3 N–H and O–H groups in total. The molecule has 1 aromatic carbocycles. The van der Waals surface area contributed by atoms with Crippen LogP contribution < -0.4 is 10.6 Å². The fourth-order valence-corrected chi connectivity index (χ4v) is 1.52. The van der Waals surface area contributed by atoms with Gasteiger partial charge in [0.05, 0.1) is 0 Å². The predicted octanol–water partition coefficient (Wildman–Crippen LogP) is 1.71. The van der Waals surface area contributed by atoms with Crippen LogP contribution in [0.2, 0.25) is 0 Å². The van der Waals surface area contributed by atoms with Crippen molar-refractivity contribution in [3.8, 4) is 0 Å². The van der Waals surface area contributed by atoms with E-state index in [4.69, 9.17) is 0 Å². The number of anilines is 2. The second-order valence-electron chi connectivity index (χ2n) is 4.18. The molecule has 104 valence electrons. The number of carbonyl (C=O) groups excluding carboxylic acids is 2. The second kappa shape index (κ2) is 5.96. The molecule has 0 saturated carbocycles. The predicted molar refractivity (Wildman–Crippen MR) is 74.4 cm³/mol. The zero-order valence-corrected chi connectivity index (χ0v) is 11.2. The van der Waals surface area contributed by atoms with Gasteiger partial charge in [-0.3, -0.25) is 14.7 Å². The summed E-state index contributed by atoms with van der Waals surface area (Å²) in [5, 5.41) is 11.8. The maximum Gasteiger partial charge on any atom is 0.295 e. The Morgan fingerprint density at radius 1 is 1.15 bits per heavy atom.